The Kier molecular flexibility index (Phi) is 2.56. The normalized spacial score (nSPS) is 12.3. The number of benzene rings is 1. The average molecular weight is 269 g/mol. The van der Waals surface area contributed by atoms with E-state index >= 15 is 0 Å². The Bertz CT molecular complexity index is 485. The molecule has 1 aromatic heterocycles. The molecule has 0 saturated carbocycles. The van der Waals surface area contributed by atoms with Gasteiger partial charge >= 0.3 is 0 Å². The number of fused-ring (bicyclic) bond motifs is 1. The van der Waals surface area contributed by atoms with Crippen LogP contribution in [0.4, 0.5) is 0 Å². The number of halogens is 1. The molecule has 2 N–H and O–H groups in total. The van der Waals surface area contributed by atoms with Gasteiger partial charge in [0.25, 0.3) is 0 Å². The van der Waals surface area contributed by atoms with Crippen molar-refractivity contribution in [3.8, 4) is 0 Å². The zero-order chi connectivity index (χ0) is 11.1. The largest absolute Gasteiger partial charge is 0.441 e. The van der Waals surface area contributed by atoms with Crippen LogP contribution in [0.15, 0.2) is 27.1 Å². The molecule has 80 valence electrons. The van der Waals surface area contributed by atoms with Crippen molar-refractivity contribution in [2.75, 3.05) is 0 Å². The minimum Gasteiger partial charge on any atom is -0.441 e. The van der Waals surface area contributed by atoms with Gasteiger partial charge in [0, 0.05) is 16.4 Å². The number of nitrogens with zero attached hydrogens (tertiary/aromatic N) is 1. The van der Waals surface area contributed by atoms with Gasteiger partial charge in [0.05, 0.1) is 0 Å². The van der Waals surface area contributed by atoms with Crippen molar-refractivity contribution in [2.45, 2.75) is 25.8 Å². The molecule has 0 bridgehead atoms. The zero-order valence-corrected chi connectivity index (χ0v) is 10.3. The van der Waals surface area contributed by atoms with Crippen molar-refractivity contribution in [3.63, 3.8) is 0 Å². The molecule has 0 unspecified atom stereocenters. The Morgan fingerprint density at radius 1 is 1.47 bits per heavy atom. The third kappa shape index (κ3) is 2.58. The molecule has 1 heterocycles. The van der Waals surface area contributed by atoms with E-state index in [1.54, 1.807) is 0 Å². The minimum atomic E-state index is -0.294. The van der Waals surface area contributed by atoms with Gasteiger partial charge in [-0.05, 0) is 32.0 Å². The monoisotopic (exact) mass is 268 g/mol. The van der Waals surface area contributed by atoms with E-state index in [-0.39, 0.29) is 5.54 Å². The van der Waals surface area contributed by atoms with Crippen LogP contribution < -0.4 is 5.73 Å². The summed E-state index contributed by atoms with van der Waals surface area (Å²) in [4.78, 5) is 4.37. The van der Waals surface area contributed by atoms with E-state index in [2.05, 4.69) is 20.9 Å². The Balaban J connectivity index is 2.39. The second kappa shape index (κ2) is 3.61. The van der Waals surface area contributed by atoms with E-state index in [0.717, 1.165) is 15.6 Å². The molecule has 0 amide bonds. The van der Waals surface area contributed by atoms with E-state index in [0.29, 0.717) is 12.3 Å². The van der Waals surface area contributed by atoms with Gasteiger partial charge in [0.15, 0.2) is 11.5 Å². The van der Waals surface area contributed by atoms with Crippen LogP contribution in [0.1, 0.15) is 19.7 Å². The summed E-state index contributed by atoms with van der Waals surface area (Å²) in [6.45, 7) is 3.91. The number of rotatable bonds is 2. The smallest absolute Gasteiger partial charge is 0.197 e. The van der Waals surface area contributed by atoms with Crippen LogP contribution in [0.3, 0.4) is 0 Å². The van der Waals surface area contributed by atoms with E-state index < -0.39 is 0 Å². The predicted octanol–water partition coefficient (Wildman–Crippen LogP) is 2.87. The van der Waals surface area contributed by atoms with Crippen molar-refractivity contribution in [1.82, 2.24) is 4.98 Å². The molecule has 0 aliphatic heterocycles. The van der Waals surface area contributed by atoms with Crippen molar-refractivity contribution < 1.29 is 4.42 Å². The molecule has 2 rings (SSSR count). The molecule has 0 spiro atoms. The van der Waals surface area contributed by atoms with Gasteiger partial charge in [-0.3, -0.25) is 0 Å². The first-order chi connectivity index (χ1) is 6.94. The highest BCUT2D eigenvalue weighted by molar-refractivity contribution is 9.10. The summed E-state index contributed by atoms with van der Waals surface area (Å²) >= 11 is 3.39. The predicted molar refractivity (Wildman–Crippen MR) is 63.7 cm³/mol. The van der Waals surface area contributed by atoms with Crippen molar-refractivity contribution in [2.24, 2.45) is 5.73 Å². The maximum absolute atomic E-state index is 5.91. The topological polar surface area (TPSA) is 52.0 Å². The van der Waals surface area contributed by atoms with Gasteiger partial charge in [-0.25, -0.2) is 4.98 Å². The van der Waals surface area contributed by atoms with Crippen LogP contribution in [-0.2, 0) is 6.42 Å². The molecule has 4 heteroatoms. The first kappa shape index (κ1) is 10.6. The Morgan fingerprint density at radius 2 is 2.20 bits per heavy atom. The molecule has 3 nitrogen and oxygen atoms in total. The summed E-state index contributed by atoms with van der Waals surface area (Å²) in [7, 11) is 0. The Hall–Kier alpha value is -0.870. The summed E-state index contributed by atoms with van der Waals surface area (Å²) in [5.41, 5.74) is 7.28. The number of aromatic nitrogens is 1. The molecular formula is C11H13BrN2O. The zero-order valence-electron chi connectivity index (χ0n) is 8.75. The van der Waals surface area contributed by atoms with Crippen LogP contribution in [0.5, 0.6) is 0 Å². The molecule has 0 saturated heterocycles. The third-order valence-corrected chi connectivity index (χ3v) is 2.49. The van der Waals surface area contributed by atoms with Crippen LogP contribution in [-0.4, -0.2) is 10.5 Å². The molecule has 2 aromatic rings. The lowest BCUT2D eigenvalue weighted by molar-refractivity contribution is 0.433. The van der Waals surface area contributed by atoms with Gasteiger partial charge < -0.3 is 10.2 Å². The molecule has 1 aromatic carbocycles. The summed E-state index contributed by atoms with van der Waals surface area (Å²) in [6, 6.07) is 5.79. The fraction of sp³-hybridized carbons (Fsp3) is 0.364. The van der Waals surface area contributed by atoms with Gasteiger partial charge in [-0.2, -0.15) is 0 Å². The first-order valence-electron chi connectivity index (χ1n) is 4.78. The van der Waals surface area contributed by atoms with E-state index in [4.69, 9.17) is 10.2 Å². The molecule has 0 aliphatic rings. The summed E-state index contributed by atoms with van der Waals surface area (Å²) in [6.07, 6.45) is 0.638. The van der Waals surface area contributed by atoms with E-state index in [1.165, 1.54) is 0 Å². The number of hydrogen-bond acceptors (Lipinski definition) is 3. The second-order valence-corrected chi connectivity index (χ2v) is 5.30. The highest BCUT2D eigenvalue weighted by Crippen LogP contribution is 2.21. The van der Waals surface area contributed by atoms with Crippen molar-refractivity contribution in [1.29, 1.82) is 0 Å². The van der Waals surface area contributed by atoms with Gasteiger partial charge in [-0.1, -0.05) is 15.9 Å². The van der Waals surface area contributed by atoms with Crippen LogP contribution >= 0.6 is 15.9 Å². The molecule has 0 aliphatic carbocycles. The minimum absolute atomic E-state index is 0.294. The quantitative estimate of drug-likeness (QED) is 0.912. The first-order valence-corrected chi connectivity index (χ1v) is 5.57. The summed E-state index contributed by atoms with van der Waals surface area (Å²) < 4.78 is 6.59. The van der Waals surface area contributed by atoms with Gasteiger partial charge in [-0.15, -0.1) is 0 Å². The lowest BCUT2D eigenvalue weighted by Gasteiger charge is -2.14. The number of oxazole rings is 1. The second-order valence-electron chi connectivity index (χ2n) is 4.39. The van der Waals surface area contributed by atoms with Crippen LogP contribution in [0.25, 0.3) is 11.1 Å². The van der Waals surface area contributed by atoms with Crippen LogP contribution in [0.2, 0.25) is 0 Å². The highest BCUT2D eigenvalue weighted by Gasteiger charge is 2.16. The van der Waals surface area contributed by atoms with Crippen molar-refractivity contribution >= 4 is 27.0 Å². The van der Waals surface area contributed by atoms with E-state index in [1.807, 2.05) is 32.0 Å². The van der Waals surface area contributed by atoms with Crippen molar-refractivity contribution in [3.05, 3.63) is 28.6 Å². The average Bonchev–Trinajstić information content (AvgIpc) is 2.42. The maximum Gasteiger partial charge on any atom is 0.197 e. The number of hydrogen-bond donors (Lipinski definition) is 1. The molecule has 0 fully saturated rings. The number of nitrogens with two attached hydrogens (primary N) is 1. The Labute approximate surface area is 96.8 Å². The molecular weight excluding hydrogens is 256 g/mol. The maximum atomic E-state index is 5.91. The SMILES string of the molecule is CC(C)(N)Cc1nc2ccc(Br)cc2o1. The molecule has 0 radical (unpaired) electrons. The lowest BCUT2D eigenvalue weighted by Crippen LogP contribution is -2.34. The Morgan fingerprint density at radius 3 is 2.87 bits per heavy atom. The fourth-order valence-electron chi connectivity index (χ4n) is 1.41. The highest BCUT2D eigenvalue weighted by atomic mass is 79.9. The molecule has 15 heavy (non-hydrogen) atoms. The van der Waals surface area contributed by atoms with Crippen LogP contribution in [0, 0.1) is 0 Å². The van der Waals surface area contributed by atoms with Gasteiger partial charge in [0.1, 0.15) is 5.52 Å². The summed E-state index contributed by atoms with van der Waals surface area (Å²) in [5, 5.41) is 0. The fourth-order valence-corrected chi connectivity index (χ4v) is 1.75. The lowest BCUT2D eigenvalue weighted by atomic mass is 10.0. The van der Waals surface area contributed by atoms with Gasteiger partial charge in [0.2, 0.25) is 0 Å². The third-order valence-electron chi connectivity index (χ3n) is 2.00. The van der Waals surface area contributed by atoms with E-state index in [9.17, 15) is 0 Å². The summed E-state index contributed by atoms with van der Waals surface area (Å²) in [5.74, 6) is 0.690. The standard InChI is InChI=1S/C11H13BrN2O/c1-11(2,13)6-10-14-8-4-3-7(12)5-9(8)15-10/h3-5H,6,13H2,1-2H3. The molecule has 0 atom stereocenters.